The Labute approximate surface area is 146 Å². The summed E-state index contributed by atoms with van der Waals surface area (Å²) in [5.74, 6) is 0.0611. The molecule has 2 aromatic rings. The first kappa shape index (κ1) is 18.3. The third-order valence-electron chi connectivity index (χ3n) is 3.82. The Bertz CT molecular complexity index is 708. The summed E-state index contributed by atoms with van der Waals surface area (Å²) < 4.78 is 18.7. The molecule has 0 bridgehead atoms. The molecule has 1 N–H and O–H groups in total. The van der Waals surface area contributed by atoms with Gasteiger partial charge in [-0.25, -0.2) is 4.39 Å². The molecular weight excluding hydrogens is 329 g/mol. The van der Waals surface area contributed by atoms with Gasteiger partial charge >= 0.3 is 0 Å². The van der Waals surface area contributed by atoms with E-state index in [4.69, 9.17) is 16.3 Å². The van der Waals surface area contributed by atoms with Crippen LogP contribution in [0.25, 0.3) is 0 Å². The Hall–Kier alpha value is -2.07. The molecule has 2 rings (SSSR count). The van der Waals surface area contributed by atoms with Crippen molar-refractivity contribution < 1.29 is 13.9 Å². The number of rotatable bonds is 5. The van der Waals surface area contributed by atoms with Crippen LogP contribution in [0.3, 0.4) is 0 Å². The second-order valence-corrected chi connectivity index (χ2v) is 6.29. The number of halogens is 2. The van der Waals surface area contributed by atoms with Crippen LogP contribution >= 0.6 is 11.6 Å². The van der Waals surface area contributed by atoms with Crippen molar-refractivity contribution in [3.63, 3.8) is 0 Å². The normalized spacial score (nSPS) is 13.2. The van der Waals surface area contributed by atoms with Gasteiger partial charge in [-0.3, -0.25) is 4.79 Å². The predicted octanol–water partition coefficient (Wildman–Crippen LogP) is 4.74. The van der Waals surface area contributed by atoms with Crippen molar-refractivity contribution in [2.45, 2.75) is 39.8 Å². The van der Waals surface area contributed by atoms with Crippen molar-refractivity contribution in [3.05, 3.63) is 63.9 Å². The van der Waals surface area contributed by atoms with Gasteiger partial charge < -0.3 is 10.1 Å². The van der Waals surface area contributed by atoms with E-state index in [9.17, 15) is 9.18 Å². The summed E-state index contributed by atoms with van der Waals surface area (Å²) in [6.45, 7) is 7.31. The number of carbonyl (C=O) groups excluding carboxylic acids is 1. The smallest absolute Gasteiger partial charge is 0.261 e. The lowest BCUT2D eigenvalue weighted by Gasteiger charge is -2.19. The molecule has 2 atom stereocenters. The Kier molecular flexibility index (Phi) is 5.84. The van der Waals surface area contributed by atoms with Crippen molar-refractivity contribution in [3.8, 4) is 5.75 Å². The molecule has 5 heteroatoms. The summed E-state index contributed by atoms with van der Waals surface area (Å²) in [4.78, 5) is 12.3. The molecule has 0 saturated heterocycles. The number of hydrogen-bond donors (Lipinski definition) is 1. The van der Waals surface area contributed by atoms with Crippen LogP contribution in [-0.4, -0.2) is 12.0 Å². The van der Waals surface area contributed by atoms with Crippen LogP contribution in [-0.2, 0) is 4.79 Å². The number of nitrogens with one attached hydrogen (secondary N) is 1. The Morgan fingerprint density at radius 1 is 1.12 bits per heavy atom. The zero-order chi connectivity index (χ0) is 17.9. The van der Waals surface area contributed by atoms with E-state index >= 15 is 0 Å². The van der Waals surface area contributed by atoms with Gasteiger partial charge in [-0.1, -0.05) is 23.7 Å². The van der Waals surface area contributed by atoms with Gasteiger partial charge in [0.05, 0.1) is 6.04 Å². The van der Waals surface area contributed by atoms with Gasteiger partial charge in [0.2, 0.25) is 0 Å². The topological polar surface area (TPSA) is 38.3 Å². The molecule has 0 spiro atoms. The van der Waals surface area contributed by atoms with Crippen LogP contribution in [0.15, 0.2) is 36.4 Å². The van der Waals surface area contributed by atoms with Gasteiger partial charge in [-0.15, -0.1) is 0 Å². The molecule has 24 heavy (non-hydrogen) atoms. The molecule has 0 fully saturated rings. The minimum Gasteiger partial charge on any atom is -0.481 e. The van der Waals surface area contributed by atoms with Gasteiger partial charge in [0.15, 0.2) is 6.10 Å². The largest absolute Gasteiger partial charge is 0.481 e. The highest BCUT2D eigenvalue weighted by Gasteiger charge is 2.18. The lowest BCUT2D eigenvalue weighted by Crippen LogP contribution is -2.37. The van der Waals surface area contributed by atoms with Crippen molar-refractivity contribution in [1.29, 1.82) is 0 Å². The van der Waals surface area contributed by atoms with E-state index in [0.29, 0.717) is 10.8 Å². The molecule has 0 heterocycles. The molecule has 0 radical (unpaired) electrons. The van der Waals surface area contributed by atoms with Crippen LogP contribution in [0.4, 0.5) is 4.39 Å². The third-order valence-corrected chi connectivity index (χ3v) is 4.42. The standard InChI is InChI=1S/C19H21ClFNO2/c1-11-9-17(10-12(2)18(11)20)24-14(4)19(23)22-13(3)15-5-7-16(21)8-6-15/h5-10,13-14H,1-4H3,(H,22,23)/t13-,14-/m0/s1. The second-order valence-electron chi connectivity index (χ2n) is 5.91. The SMILES string of the molecule is Cc1cc(O[C@@H](C)C(=O)N[C@@H](C)c2ccc(F)cc2)cc(C)c1Cl. The Balaban J connectivity index is 2.00. The van der Waals surface area contributed by atoms with Crippen molar-refractivity contribution in [2.24, 2.45) is 0 Å². The summed E-state index contributed by atoms with van der Waals surface area (Å²) in [7, 11) is 0. The van der Waals surface area contributed by atoms with Gasteiger partial charge in [-0.2, -0.15) is 0 Å². The van der Waals surface area contributed by atoms with Crippen LogP contribution < -0.4 is 10.1 Å². The van der Waals surface area contributed by atoms with Crippen LogP contribution in [0.5, 0.6) is 5.75 Å². The summed E-state index contributed by atoms with van der Waals surface area (Å²) in [5.41, 5.74) is 2.63. The highest BCUT2D eigenvalue weighted by molar-refractivity contribution is 6.32. The maximum atomic E-state index is 13.0. The van der Waals surface area contributed by atoms with Gasteiger partial charge in [0, 0.05) is 5.02 Å². The lowest BCUT2D eigenvalue weighted by molar-refractivity contribution is -0.127. The summed E-state index contributed by atoms with van der Waals surface area (Å²) >= 11 is 6.13. The molecule has 1 amide bonds. The summed E-state index contributed by atoms with van der Waals surface area (Å²) in [6.07, 6.45) is -0.659. The predicted molar refractivity (Wildman–Crippen MR) is 94.0 cm³/mol. The highest BCUT2D eigenvalue weighted by atomic mass is 35.5. The van der Waals surface area contributed by atoms with Gasteiger partial charge in [0.25, 0.3) is 5.91 Å². The molecule has 0 aliphatic rings. The Morgan fingerprint density at radius 3 is 2.21 bits per heavy atom. The average molecular weight is 350 g/mol. The van der Waals surface area contributed by atoms with E-state index in [1.807, 2.05) is 32.9 Å². The van der Waals surface area contributed by atoms with Crippen LogP contribution in [0.1, 0.15) is 36.6 Å². The summed E-state index contributed by atoms with van der Waals surface area (Å²) in [5, 5.41) is 3.56. The average Bonchev–Trinajstić information content (AvgIpc) is 2.52. The number of benzene rings is 2. The van der Waals surface area contributed by atoms with Crippen LogP contribution in [0.2, 0.25) is 5.02 Å². The highest BCUT2D eigenvalue weighted by Crippen LogP contribution is 2.26. The quantitative estimate of drug-likeness (QED) is 0.846. The first-order valence-corrected chi connectivity index (χ1v) is 8.15. The van der Waals surface area contributed by atoms with Crippen molar-refractivity contribution in [1.82, 2.24) is 5.32 Å². The maximum absolute atomic E-state index is 13.0. The molecule has 0 aromatic heterocycles. The van der Waals surface area contributed by atoms with E-state index in [1.54, 1.807) is 19.1 Å². The fourth-order valence-electron chi connectivity index (χ4n) is 2.40. The molecule has 2 aromatic carbocycles. The van der Waals surface area contributed by atoms with E-state index in [0.717, 1.165) is 16.7 Å². The molecule has 128 valence electrons. The second kappa shape index (κ2) is 7.67. The number of aryl methyl sites for hydroxylation is 2. The maximum Gasteiger partial charge on any atom is 0.261 e. The molecule has 0 unspecified atom stereocenters. The van der Waals surface area contributed by atoms with Crippen LogP contribution in [0, 0.1) is 19.7 Å². The van der Waals surface area contributed by atoms with E-state index in [2.05, 4.69) is 5.32 Å². The lowest BCUT2D eigenvalue weighted by atomic mass is 10.1. The van der Waals surface area contributed by atoms with Gasteiger partial charge in [0.1, 0.15) is 11.6 Å². The molecular formula is C19H21ClFNO2. The zero-order valence-corrected chi connectivity index (χ0v) is 14.9. The molecule has 0 saturated carbocycles. The zero-order valence-electron chi connectivity index (χ0n) is 14.2. The Morgan fingerprint density at radius 2 is 1.67 bits per heavy atom. The minimum atomic E-state index is -0.659. The van der Waals surface area contributed by atoms with E-state index in [1.165, 1.54) is 12.1 Å². The number of carbonyl (C=O) groups is 1. The minimum absolute atomic E-state index is 0.238. The number of hydrogen-bond acceptors (Lipinski definition) is 2. The molecule has 3 nitrogen and oxygen atoms in total. The molecule has 0 aliphatic carbocycles. The molecule has 0 aliphatic heterocycles. The van der Waals surface area contributed by atoms with Crippen molar-refractivity contribution in [2.75, 3.05) is 0 Å². The van der Waals surface area contributed by atoms with E-state index in [-0.39, 0.29) is 17.8 Å². The fraction of sp³-hybridized carbons (Fsp3) is 0.316. The van der Waals surface area contributed by atoms with E-state index < -0.39 is 6.10 Å². The first-order valence-electron chi connectivity index (χ1n) is 7.77. The monoisotopic (exact) mass is 349 g/mol. The summed E-state index contributed by atoms with van der Waals surface area (Å²) in [6, 6.07) is 9.42. The fourth-order valence-corrected chi connectivity index (χ4v) is 2.51. The third kappa shape index (κ3) is 4.48. The number of amides is 1. The first-order chi connectivity index (χ1) is 11.3. The van der Waals surface area contributed by atoms with Crippen molar-refractivity contribution >= 4 is 17.5 Å². The number of ether oxygens (including phenoxy) is 1. The van der Waals surface area contributed by atoms with Gasteiger partial charge in [-0.05, 0) is 68.7 Å².